The lowest BCUT2D eigenvalue weighted by molar-refractivity contribution is 0.0574. The second kappa shape index (κ2) is 8.50. The molecule has 144 valence electrons. The summed E-state index contributed by atoms with van der Waals surface area (Å²) < 4.78 is 0. The highest BCUT2D eigenvalue weighted by molar-refractivity contribution is 7.14. The molecule has 0 bridgehead atoms. The van der Waals surface area contributed by atoms with Crippen molar-refractivity contribution in [2.75, 3.05) is 26.7 Å². The fourth-order valence-electron chi connectivity index (χ4n) is 4.09. The number of piperidine rings is 1. The first-order chi connectivity index (χ1) is 13.2. The molecule has 2 aliphatic rings. The average molecular weight is 385 g/mol. The van der Waals surface area contributed by atoms with E-state index in [4.69, 9.17) is 0 Å². The van der Waals surface area contributed by atoms with Crippen LogP contribution >= 0.6 is 11.3 Å². The monoisotopic (exact) mass is 384 g/mol. The first-order valence-corrected chi connectivity index (χ1v) is 10.7. The van der Waals surface area contributed by atoms with Gasteiger partial charge >= 0.3 is 0 Å². The Bertz CT molecular complexity index is 749. The fraction of sp³-hybridized carbons (Fsp3) is 0.524. The lowest BCUT2D eigenvalue weighted by Crippen LogP contribution is -2.46. The van der Waals surface area contributed by atoms with Gasteiger partial charge < -0.3 is 15.1 Å². The van der Waals surface area contributed by atoms with E-state index in [1.54, 1.807) is 17.5 Å². The Balaban J connectivity index is 1.54. The van der Waals surface area contributed by atoms with Crippen molar-refractivity contribution >= 4 is 17.2 Å². The smallest absolute Gasteiger partial charge is 0.264 e. The van der Waals surface area contributed by atoms with Crippen LogP contribution in [0.3, 0.4) is 0 Å². The third kappa shape index (κ3) is 4.39. The molecule has 1 amide bonds. The third-order valence-corrected chi connectivity index (χ3v) is 6.89. The van der Waals surface area contributed by atoms with Crippen molar-refractivity contribution in [1.29, 1.82) is 0 Å². The molecule has 2 aromatic heterocycles. The number of thiophene rings is 1. The van der Waals surface area contributed by atoms with Crippen molar-refractivity contribution in [2.45, 2.75) is 44.3 Å². The number of nitrogens with zero attached hydrogens (tertiary/aromatic N) is 3. The highest BCUT2D eigenvalue weighted by Crippen LogP contribution is 2.31. The van der Waals surface area contributed by atoms with Crippen LogP contribution in [0.2, 0.25) is 0 Å². The highest BCUT2D eigenvalue weighted by Gasteiger charge is 2.29. The number of nitrogens with one attached hydrogen (secondary N) is 1. The first kappa shape index (κ1) is 18.6. The molecule has 0 saturated carbocycles. The van der Waals surface area contributed by atoms with Crippen molar-refractivity contribution in [2.24, 2.45) is 0 Å². The largest absolute Gasteiger partial charge is 0.330 e. The van der Waals surface area contributed by atoms with Crippen LogP contribution in [-0.4, -0.2) is 53.4 Å². The molecule has 27 heavy (non-hydrogen) atoms. The molecule has 2 fully saturated rings. The van der Waals surface area contributed by atoms with E-state index in [0.29, 0.717) is 18.6 Å². The molecular weight excluding hydrogens is 356 g/mol. The molecule has 0 spiro atoms. The van der Waals surface area contributed by atoms with Gasteiger partial charge in [0, 0.05) is 35.9 Å². The van der Waals surface area contributed by atoms with Gasteiger partial charge in [0.2, 0.25) is 0 Å². The Labute approximate surface area is 165 Å². The van der Waals surface area contributed by atoms with Gasteiger partial charge in [0.25, 0.3) is 5.91 Å². The van der Waals surface area contributed by atoms with Crippen LogP contribution in [0.15, 0.2) is 36.7 Å². The van der Waals surface area contributed by atoms with Crippen LogP contribution in [0.4, 0.5) is 0 Å². The second-order valence-electron chi connectivity index (χ2n) is 7.68. The summed E-state index contributed by atoms with van der Waals surface area (Å²) in [7, 11) is 2.16. The molecule has 0 aromatic carbocycles. The molecule has 5 nitrogen and oxygen atoms in total. The number of pyridine rings is 1. The number of likely N-dealkylation sites (tertiary alicyclic amines) is 1. The number of rotatable bonds is 5. The van der Waals surface area contributed by atoms with Crippen molar-refractivity contribution in [3.05, 3.63) is 52.0 Å². The number of carbonyl (C=O) groups excluding carboxylic acids is 1. The van der Waals surface area contributed by atoms with Crippen LogP contribution in [0.25, 0.3) is 0 Å². The summed E-state index contributed by atoms with van der Waals surface area (Å²) in [4.78, 5) is 24.3. The van der Waals surface area contributed by atoms with Gasteiger partial charge in [-0.3, -0.25) is 9.78 Å². The Morgan fingerprint density at radius 2 is 2.15 bits per heavy atom. The van der Waals surface area contributed by atoms with Crippen LogP contribution in [0, 0.1) is 0 Å². The zero-order chi connectivity index (χ0) is 18.6. The van der Waals surface area contributed by atoms with Gasteiger partial charge in [-0.2, -0.15) is 0 Å². The zero-order valence-corrected chi connectivity index (χ0v) is 16.8. The summed E-state index contributed by atoms with van der Waals surface area (Å²) in [6.45, 7) is 3.80. The van der Waals surface area contributed by atoms with Gasteiger partial charge in [0.1, 0.15) is 0 Å². The Hall–Kier alpha value is -1.76. The lowest BCUT2D eigenvalue weighted by Gasteiger charge is -2.37. The predicted molar refractivity (Wildman–Crippen MR) is 109 cm³/mol. The summed E-state index contributed by atoms with van der Waals surface area (Å²) in [5.74, 6) is 0.169. The topological polar surface area (TPSA) is 48.5 Å². The van der Waals surface area contributed by atoms with E-state index in [2.05, 4.69) is 39.3 Å². The van der Waals surface area contributed by atoms with E-state index < -0.39 is 0 Å². The summed E-state index contributed by atoms with van der Waals surface area (Å²) in [6, 6.07) is 8.88. The van der Waals surface area contributed by atoms with Crippen molar-refractivity contribution in [3.63, 3.8) is 0 Å². The summed E-state index contributed by atoms with van der Waals surface area (Å²) >= 11 is 1.66. The zero-order valence-electron chi connectivity index (χ0n) is 15.9. The van der Waals surface area contributed by atoms with Gasteiger partial charge in [0.15, 0.2) is 0 Å². The van der Waals surface area contributed by atoms with E-state index in [0.717, 1.165) is 42.9 Å². The van der Waals surface area contributed by atoms with Crippen LogP contribution < -0.4 is 5.32 Å². The van der Waals surface area contributed by atoms with Gasteiger partial charge in [0.05, 0.1) is 4.88 Å². The standard InChI is InChI=1S/C21H28N4OS/c1-24-12-8-17(9-13-24)25(15-16-4-2-10-22-14-16)21(26)20-7-6-19(27-20)18-5-3-11-23-18/h2,4,6-7,10,14,17-18,23H,3,5,8-9,11-13,15H2,1H3/t18-/m0/s1. The SMILES string of the molecule is CN1CCC(N(Cc2cccnc2)C(=O)c2ccc([C@@H]3CCCN3)s2)CC1. The number of amides is 1. The fourth-order valence-corrected chi connectivity index (χ4v) is 5.16. The number of hydrogen-bond donors (Lipinski definition) is 1. The Morgan fingerprint density at radius 1 is 1.30 bits per heavy atom. The summed E-state index contributed by atoms with van der Waals surface area (Å²) in [5.41, 5.74) is 1.10. The summed E-state index contributed by atoms with van der Waals surface area (Å²) in [5, 5.41) is 3.53. The minimum Gasteiger partial charge on any atom is -0.330 e. The molecule has 1 atom stereocenters. The third-order valence-electron chi connectivity index (χ3n) is 5.71. The molecule has 2 aromatic rings. The van der Waals surface area contributed by atoms with E-state index in [9.17, 15) is 4.79 Å². The molecule has 4 heterocycles. The normalized spacial score (nSPS) is 21.4. The molecule has 6 heteroatoms. The minimum absolute atomic E-state index is 0.169. The average Bonchev–Trinajstić information content (AvgIpc) is 3.39. The second-order valence-corrected chi connectivity index (χ2v) is 8.80. The van der Waals surface area contributed by atoms with Crippen LogP contribution in [0.5, 0.6) is 0 Å². The van der Waals surface area contributed by atoms with Crippen LogP contribution in [-0.2, 0) is 6.54 Å². The molecule has 1 N–H and O–H groups in total. The predicted octanol–water partition coefficient (Wildman–Crippen LogP) is 3.30. The van der Waals surface area contributed by atoms with Gasteiger partial charge in [-0.15, -0.1) is 11.3 Å². The molecular formula is C21H28N4OS. The quantitative estimate of drug-likeness (QED) is 0.859. The maximum Gasteiger partial charge on any atom is 0.264 e. The van der Waals surface area contributed by atoms with E-state index in [1.807, 2.05) is 18.3 Å². The van der Waals surface area contributed by atoms with E-state index >= 15 is 0 Å². The number of aromatic nitrogens is 1. The minimum atomic E-state index is 0.169. The van der Waals surface area contributed by atoms with Gasteiger partial charge in [-0.25, -0.2) is 0 Å². The Morgan fingerprint density at radius 3 is 2.85 bits per heavy atom. The highest BCUT2D eigenvalue weighted by atomic mass is 32.1. The van der Waals surface area contributed by atoms with E-state index in [-0.39, 0.29) is 5.91 Å². The molecule has 0 aliphatic carbocycles. The summed E-state index contributed by atoms with van der Waals surface area (Å²) in [6.07, 6.45) is 8.11. The molecule has 0 radical (unpaired) electrons. The lowest BCUT2D eigenvalue weighted by atomic mass is 10.0. The van der Waals surface area contributed by atoms with Gasteiger partial charge in [-0.05, 0) is 76.1 Å². The number of hydrogen-bond acceptors (Lipinski definition) is 5. The maximum atomic E-state index is 13.4. The maximum absolute atomic E-state index is 13.4. The van der Waals surface area contributed by atoms with Crippen molar-refractivity contribution < 1.29 is 4.79 Å². The molecule has 2 saturated heterocycles. The van der Waals surface area contributed by atoms with Crippen molar-refractivity contribution in [1.82, 2.24) is 20.1 Å². The molecule has 0 unspecified atom stereocenters. The Kier molecular flexibility index (Phi) is 5.86. The van der Waals surface area contributed by atoms with Crippen LogP contribution in [0.1, 0.15) is 51.8 Å². The number of carbonyl (C=O) groups is 1. The van der Waals surface area contributed by atoms with E-state index in [1.165, 1.54) is 17.7 Å². The first-order valence-electron chi connectivity index (χ1n) is 9.92. The molecule has 4 rings (SSSR count). The van der Waals surface area contributed by atoms with Gasteiger partial charge in [-0.1, -0.05) is 6.07 Å². The molecule has 2 aliphatic heterocycles. The van der Waals surface area contributed by atoms with Crippen molar-refractivity contribution in [3.8, 4) is 0 Å².